The fourth-order valence-electron chi connectivity index (χ4n) is 3.83. The molecular formula is C19H27N7. The molecule has 0 bridgehead atoms. The van der Waals surface area contributed by atoms with E-state index < -0.39 is 0 Å². The lowest BCUT2D eigenvalue weighted by Crippen LogP contribution is -2.47. The van der Waals surface area contributed by atoms with Gasteiger partial charge in [0.25, 0.3) is 0 Å². The van der Waals surface area contributed by atoms with Gasteiger partial charge in [0.2, 0.25) is 5.95 Å². The number of anilines is 3. The van der Waals surface area contributed by atoms with Gasteiger partial charge in [-0.25, -0.2) is 15.0 Å². The largest absolute Gasteiger partial charge is 0.353 e. The quantitative estimate of drug-likeness (QED) is 0.834. The number of piperazine rings is 1. The van der Waals surface area contributed by atoms with Gasteiger partial charge < -0.3 is 14.7 Å². The predicted octanol–water partition coefficient (Wildman–Crippen LogP) is 1.85. The highest BCUT2D eigenvalue weighted by Crippen LogP contribution is 2.29. The number of hydrogen-bond acceptors (Lipinski definition) is 7. The molecule has 0 amide bonds. The standard InChI is InChI=1S/C19H27N7/c1-14-21-16-7-5-4-6-15(16)18(22-14)26-12-10-25(11-13-26)17-8-9-20-19(23-17)24(2)3/h8-9H,4-7,10-13H2,1-3H3. The Bertz CT molecular complexity index is 781. The minimum atomic E-state index is 0.755. The second kappa shape index (κ2) is 7.05. The van der Waals surface area contributed by atoms with Crippen LogP contribution in [-0.2, 0) is 12.8 Å². The van der Waals surface area contributed by atoms with Crippen LogP contribution < -0.4 is 14.7 Å². The molecule has 1 aliphatic carbocycles. The van der Waals surface area contributed by atoms with E-state index in [1.807, 2.05) is 38.2 Å². The van der Waals surface area contributed by atoms with Crippen LogP contribution in [0.15, 0.2) is 12.3 Å². The van der Waals surface area contributed by atoms with E-state index in [-0.39, 0.29) is 0 Å². The summed E-state index contributed by atoms with van der Waals surface area (Å²) in [6.45, 7) is 5.83. The van der Waals surface area contributed by atoms with Gasteiger partial charge in [0, 0.05) is 57.7 Å². The van der Waals surface area contributed by atoms with E-state index in [9.17, 15) is 0 Å². The fourth-order valence-corrected chi connectivity index (χ4v) is 3.83. The molecule has 2 aromatic heterocycles. The Hall–Kier alpha value is -2.44. The van der Waals surface area contributed by atoms with Crippen LogP contribution in [0.2, 0.25) is 0 Å². The zero-order valence-corrected chi connectivity index (χ0v) is 15.9. The van der Waals surface area contributed by atoms with Crippen molar-refractivity contribution in [2.24, 2.45) is 0 Å². The predicted molar refractivity (Wildman–Crippen MR) is 104 cm³/mol. The molecule has 138 valence electrons. The van der Waals surface area contributed by atoms with Gasteiger partial charge in [0.1, 0.15) is 17.5 Å². The highest BCUT2D eigenvalue weighted by molar-refractivity contribution is 5.52. The van der Waals surface area contributed by atoms with Gasteiger partial charge in [-0.05, 0) is 38.7 Å². The van der Waals surface area contributed by atoms with E-state index in [0.717, 1.165) is 56.6 Å². The molecule has 7 heteroatoms. The molecule has 0 radical (unpaired) electrons. The summed E-state index contributed by atoms with van der Waals surface area (Å²) in [7, 11) is 3.94. The normalized spacial score (nSPS) is 17.2. The second-order valence-corrected chi connectivity index (χ2v) is 7.31. The summed E-state index contributed by atoms with van der Waals surface area (Å²) in [5.41, 5.74) is 2.65. The zero-order valence-electron chi connectivity index (χ0n) is 15.9. The van der Waals surface area contributed by atoms with Crippen molar-refractivity contribution in [1.29, 1.82) is 0 Å². The first-order valence-corrected chi connectivity index (χ1v) is 9.48. The molecule has 0 atom stereocenters. The van der Waals surface area contributed by atoms with Gasteiger partial charge in [-0.1, -0.05) is 0 Å². The van der Waals surface area contributed by atoms with Crippen LogP contribution in [0.1, 0.15) is 29.9 Å². The molecule has 1 saturated heterocycles. The molecule has 0 aromatic carbocycles. The molecule has 26 heavy (non-hydrogen) atoms. The first-order chi connectivity index (χ1) is 12.6. The lowest BCUT2D eigenvalue weighted by Gasteiger charge is -2.37. The SMILES string of the molecule is Cc1nc2c(c(N3CCN(c4ccnc(N(C)C)n4)CC3)n1)CCCC2. The summed E-state index contributed by atoms with van der Waals surface area (Å²) in [5.74, 6) is 3.83. The highest BCUT2D eigenvalue weighted by Gasteiger charge is 2.25. The highest BCUT2D eigenvalue weighted by atomic mass is 15.3. The van der Waals surface area contributed by atoms with Gasteiger partial charge in [0.05, 0.1) is 0 Å². The van der Waals surface area contributed by atoms with Crippen LogP contribution in [-0.4, -0.2) is 60.2 Å². The number of aryl methyl sites for hydroxylation is 2. The minimum absolute atomic E-state index is 0.755. The molecule has 0 unspecified atom stereocenters. The maximum atomic E-state index is 4.81. The lowest BCUT2D eigenvalue weighted by atomic mass is 9.96. The minimum Gasteiger partial charge on any atom is -0.353 e. The Labute approximate surface area is 155 Å². The Morgan fingerprint density at radius 3 is 2.42 bits per heavy atom. The molecule has 1 aliphatic heterocycles. The third kappa shape index (κ3) is 3.30. The zero-order chi connectivity index (χ0) is 18.1. The van der Waals surface area contributed by atoms with Gasteiger partial charge in [-0.3, -0.25) is 0 Å². The van der Waals surface area contributed by atoms with Crippen molar-refractivity contribution in [3.8, 4) is 0 Å². The van der Waals surface area contributed by atoms with Gasteiger partial charge in [-0.2, -0.15) is 4.98 Å². The van der Waals surface area contributed by atoms with E-state index in [2.05, 4.69) is 24.8 Å². The Morgan fingerprint density at radius 1 is 0.923 bits per heavy atom. The Morgan fingerprint density at radius 2 is 1.65 bits per heavy atom. The first-order valence-electron chi connectivity index (χ1n) is 9.48. The third-order valence-corrected chi connectivity index (χ3v) is 5.20. The summed E-state index contributed by atoms with van der Waals surface area (Å²) in [4.78, 5) is 25.2. The van der Waals surface area contributed by atoms with Crippen molar-refractivity contribution in [2.45, 2.75) is 32.6 Å². The smallest absolute Gasteiger partial charge is 0.226 e. The molecule has 1 fully saturated rings. The van der Waals surface area contributed by atoms with Crippen LogP contribution >= 0.6 is 0 Å². The number of aromatic nitrogens is 4. The van der Waals surface area contributed by atoms with Crippen molar-refractivity contribution in [1.82, 2.24) is 19.9 Å². The van der Waals surface area contributed by atoms with Crippen molar-refractivity contribution >= 4 is 17.6 Å². The molecule has 7 nitrogen and oxygen atoms in total. The molecule has 2 aliphatic rings. The average Bonchev–Trinajstić information content (AvgIpc) is 2.67. The topological polar surface area (TPSA) is 61.3 Å². The molecule has 0 N–H and O–H groups in total. The van der Waals surface area contributed by atoms with E-state index in [4.69, 9.17) is 4.98 Å². The van der Waals surface area contributed by atoms with Crippen LogP contribution in [0.25, 0.3) is 0 Å². The molecule has 3 heterocycles. The Kier molecular flexibility index (Phi) is 4.61. The van der Waals surface area contributed by atoms with Crippen molar-refractivity contribution in [3.63, 3.8) is 0 Å². The summed E-state index contributed by atoms with van der Waals surface area (Å²) in [6, 6.07) is 2.00. The number of fused-ring (bicyclic) bond motifs is 1. The fraction of sp³-hybridized carbons (Fsp3) is 0.579. The molecule has 2 aromatic rings. The summed E-state index contributed by atoms with van der Waals surface area (Å²) >= 11 is 0. The number of nitrogens with zero attached hydrogens (tertiary/aromatic N) is 7. The number of rotatable bonds is 3. The van der Waals surface area contributed by atoms with Gasteiger partial charge in [-0.15, -0.1) is 0 Å². The average molecular weight is 353 g/mol. The molecular weight excluding hydrogens is 326 g/mol. The molecule has 0 spiro atoms. The van der Waals surface area contributed by atoms with E-state index >= 15 is 0 Å². The first kappa shape index (κ1) is 17.0. The summed E-state index contributed by atoms with van der Waals surface area (Å²) in [5, 5.41) is 0. The van der Waals surface area contributed by atoms with Gasteiger partial charge in [0.15, 0.2) is 0 Å². The van der Waals surface area contributed by atoms with Crippen LogP contribution in [0.4, 0.5) is 17.6 Å². The maximum Gasteiger partial charge on any atom is 0.226 e. The third-order valence-electron chi connectivity index (χ3n) is 5.20. The van der Waals surface area contributed by atoms with Crippen molar-refractivity contribution in [3.05, 3.63) is 29.3 Å². The van der Waals surface area contributed by atoms with Gasteiger partial charge >= 0.3 is 0 Å². The van der Waals surface area contributed by atoms with E-state index in [1.165, 1.54) is 29.9 Å². The van der Waals surface area contributed by atoms with Crippen LogP contribution in [0.3, 0.4) is 0 Å². The van der Waals surface area contributed by atoms with Crippen LogP contribution in [0.5, 0.6) is 0 Å². The monoisotopic (exact) mass is 353 g/mol. The van der Waals surface area contributed by atoms with E-state index in [0.29, 0.717) is 0 Å². The maximum absolute atomic E-state index is 4.81. The van der Waals surface area contributed by atoms with Crippen molar-refractivity contribution in [2.75, 3.05) is 55.0 Å². The summed E-state index contributed by atoms with van der Waals surface area (Å²) in [6.07, 6.45) is 6.55. The van der Waals surface area contributed by atoms with E-state index in [1.54, 1.807) is 0 Å². The summed E-state index contributed by atoms with van der Waals surface area (Å²) < 4.78 is 0. The lowest BCUT2D eigenvalue weighted by molar-refractivity contribution is 0.617. The molecule has 0 saturated carbocycles. The van der Waals surface area contributed by atoms with Crippen LogP contribution in [0, 0.1) is 6.92 Å². The Balaban J connectivity index is 1.51. The second-order valence-electron chi connectivity index (χ2n) is 7.31. The van der Waals surface area contributed by atoms with Crippen molar-refractivity contribution < 1.29 is 0 Å². The number of hydrogen-bond donors (Lipinski definition) is 0. The molecule has 4 rings (SSSR count).